The molecule has 0 aliphatic heterocycles. The molecular weight excluding hydrogens is 210 g/mol. The minimum absolute atomic E-state index is 0.126. The lowest BCUT2D eigenvalue weighted by Crippen LogP contribution is -2.34. The molecule has 0 saturated heterocycles. The summed E-state index contributed by atoms with van der Waals surface area (Å²) in [7, 11) is 0. The highest BCUT2D eigenvalue weighted by atomic mass is 16.7. The first-order valence-electron chi connectivity index (χ1n) is 4.61. The van der Waals surface area contributed by atoms with Gasteiger partial charge in [-0.1, -0.05) is 17.6 Å². The smallest absolute Gasteiger partial charge is 0.255 e. The summed E-state index contributed by atoms with van der Waals surface area (Å²) in [6.45, 7) is 1.83. The average molecular weight is 223 g/mol. The van der Waals surface area contributed by atoms with Crippen molar-refractivity contribution in [3.63, 3.8) is 0 Å². The van der Waals surface area contributed by atoms with Crippen LogP contribution in [-0.2, 0) is 0 Å². The van der Waals surface area contributed by atoms with Crippen molar-refractivity contribution in [2.75, 3.05) is 5.32 Å². The van der Waals surface area contributed by atoms with Crippen molar-refractivity contribution in [2.24, 2.45) is 5.73 Å². The minimum Gasteiger partial charge on any atom is -0.324 e. The van der Waals surface area contributed by atoms with Crippen LogP contribution >= 0.6 is 0 Å². The molecule has 1 aromatic rings. The minimum atomic E-state index is -0.801. The van der Waals surface area contributed by atoms with Gasteiger partial charge in [0.15, 0.2) is 5.03 Å². The molecule has 0 bridgehead atoms. The molecule has 16 heavy (non-hydrogen) atoms. The Morgan fingerprint density at radius 1 is 1.62 bits per heavy atom. The first-order valence-corrected chi connectivity index (χ1v) is 4.61. The van der Waals surface area contributed by atoms with E-state index >= 15 is 0 Å². The maximum atomic E-state index is 10.1. The van der Waals surface area contributed by atoms with E-state index in [9.17, 15) is 10.1 Å². The second-order valence-corrected chi connectivity index (χ2v) is 3.28. The molecule has 0 aliphatic carbocycles. The summed E-state index contributed by atoms with van der Waals surface area (Å²) in [5, 5.41) is 19.1. The molecule has 7 nitrogen and oxygen atoms in total. The fourth-order valence-corrected chi connectivity index (χ4v) is 1.16. The number of nitrogens with one attached hydrogen (secondary N) is 3. The third-order valence-electron chi connectivity index (χ3n) is 1.88. The highest BCUT2D eigenvalue weighted by Gasteiger charge is 2.04. The molecule has 1 rings (SSSR count). The van der Waals surface area contributed by atoms with Gasteiger partial charge in [0.2, 0.25) is 0 Å². The van der Waals surface area contributed by atoms with Gasteiger partial charge in [0.25, 0.3) is 5.96 Å². The monoisotopic (exact) mass is 223 g/mol. The van der Waals surface area contributed by atoms with Gasteiger partial charge in [-0.05, 0) is 24.6 Å². The molecule has 1 aromatic carbocycles. The SMILES string of the molecule is CC(N)c1cccc(NC(=N)N[N+](=O)[O-])c1. The van der Waals surface area contributed by atoms with E-state index in [1.807, 2.05) is 13.0 Å². The lowest BCUT2D eigenvalue weighted by atomic mass is 10.1. The zero-order chi connectivity index (χ0) is 12.1. The Hall–Kier alpha value is -2.15. The molecule has 5 N–H and O–H groups in total. The van der Waals surface area contributed by atoms with Gasteiger partial charge in [0.1, 0.15) is 0 Å². The Bertz CT molecular complexity index is 405. The van der Waals surface area contributed by atoms with Crippen LogP contribution in [0.3, 0.4) is 0 Å². The van der Waals surface area contributed by atoms with Crippen molar-refractivity contribution in [3.05, 3.63) is 39.9 Å². The summed E-state index contributed by atoms with van der Waals surface area (Å²) >= 11 is 0. The van der Waals surface area contributed by atoms with E-state index in [2.05, 4.69) is 5.32 Å². The topological polar surface area (TPSA) is 117 Å². The van der Waals surface area contributed by atoms with Crippen LogP contribution in [0.25, 0.3) is 0 Å². The Labute approximate surface area is 92.3 Å². The summed E-state index contributed by atoms with van der Waals surface area (Å²) in [6.07, 6.45) is 0. The van der Waals surface area contributed by atoms with Crippen LogP contribution < -0.4 is 16.5 Å². The first-order chi connectivity index (χ1) is 7.49. The number of nitrogens with zero attached hydrogens (tertiary/aromatic N) is 1. The summed E-state index contributed by atoms with van der Waals surface area (Å²) in [5.41, 5.74) is 8.86. The van der Waals surface area contributed by atoms with E-state index < -0.39 is 11.0 Å². The number of benzene rings is 1. The molecule has 86 valence electrons. The molecule has 1 unspecified atom stereocenters. The Balaban J connectivity index is 2.70. The molecule has 1 atom stereocenters. The number of hydrogen-bond donors (Lipinski definition) is 4. The molecule has 0 fully saturated rings. The average Bonchev–Trinajstić information content (AvgIpc) is 2.16. The van der Waals surface area contributed by atoms with Crippen molar-refractivity contribution < 1.29 is 5.03 Å². The first kappa shape index (κ1) is 11.9. The van der Waals surface area contributed by atoms with E-state index in [1.54, 1.807) is 23.6 Å². The Morgan fingerprint density at radius 2 is 2.31 bits per heavy atom. The third kappa shape index (κ3) is 3.54. The van der Waals surface area contributed by atoms with Crippen molar-refractivity contribution >= 4 is 11.6 Å². The second-order valence-electron chi connectivity index (χ2n) is 3.28. The molecular formula is C9H13N5O2. The van der Waals surface area contributed by atoms with Gasteiger partial charge in [0, 0.05) is 11.7 Å². The predicted octanol–water partition coefficient (Wildman–Crippen LogP) is 0.834. The standard InChI is InChI=1S/C9H13N5O2/c1-6(10)7-3-2-4-8(5-7)12-9(11)13-14(15)16/h2-6H,10H2,1H3,(H3,11,12,13). The fraction of sp³-hybridized carbons (Fsp3) is 0.222. The Morgan fingerprint density at radius 3 is 2.88 bits per heavy atom. The maximum Gasteiger partial charge on any atom is 0.255 e. The lowest BCUT2D eigenvalue weighted by Gasteiger charge is -2.09. The zero-order valence-corrected chi connectivity index (χ0v) is 8.73. The number of hydrogen-bond acceptors (Lipinski definition) is 4. The highest BCUT2D eigenvalue weighted by molar-refractivity contribution is 5.90. The Kier molecular flexibility index (Phi) is 3.78. The van der Waals surface area contributed by atoms with Crippen LogP contribution in [0.5, 0.6) is 0 Å². The third-order valence-corrected chi connectivity index (χ3v) is 1.88. The van der Waals surface area contributed by atoms with Gasteiger partial charge < -0.3 is 11.1 Å². The van der Waals surface area contributed by atoms with E-state index in [4.69, 9.17) is 11.1 Å². The van der Waals surface area contributed by atoms with Gasteiger partial charge in [-0.3, -0.25) is 5.41 Å². The molecule has 0 aliphatic rings. The van der Waals surface area contributed by atoms with E-state index in [-0.39, 0.29) is 6.04 Å². The van der Waals surface area contributed by atoms with E-state index in [0.717, 1.165) is 5.56 Å². The van der Waals surface area contributed by atoms with Gasteiger partial charge in [0.05, 0.1) is 0 Å². The van der Waals surface area contributed by atoms with Crippen molar-refractivity contribution in [1.29, 1.82) is 5.41 Å². The highest BCUT2D eigenvalue weighted by Crippen LogP contribution is 2.15. The van der Waals surface area contributed by atoms with Crippen molar-refractivity contribution in [1.82, 2.24) is 5.43 Å². The lowest BCUT2D eigenvalue weighted by molar-refractivity contribution is -0.525. The van der Waals surface area contributed by atoms with Crippen molar-refractivity contribution in [2.45, 2.75) is 13.0 Å². The molecule has 0 spiro atoms. The summed E-state index contributed by atoms with van der Waals surface area (Å²) in [5.74, 6) is -0.396. The van der Waals surface area contributed by atoms with Gasteiger partial charge in [-0.2, -0.15) is 0 Å². The van der Waals surface area contributed by atoms with Crippen LogP contribution in [0.2, 0.25) is 0 Å². The van der Waals surface area contributed by atoms with E-state index in [0.29, 0.717) is 5.69 Å². The van der Waals surface area contributed by atoms with Gasteiger partial charge in [-0.25, -0.2) is 10.1 Å². The summed E-state index contributed by atoms with van der Waals surface area (Å²) in [4.78, 5) is 10.1. The molecule has 0 saturated carbocycles. The quantitative estimate of drug-likeness (QED) is 0.262. The largest absolute Gasteiger partial charge is 0.324 e. The van der Waals surface area contributed by atoms with Crippen LogP contribution in [0.15, 0.2) is 24.3 Å². The molecule has 0 aromatic heterocycles. The number of guanidine groups is 1. The maximum absolute atomic E-state index is 10.1. The van der Waals surface area contributed by atoms with E-state index in [1.165, 1.54) is 0 Å². The molecule has 0 heterocycles. The number of nitrogens with two attached hydrogens (primary N) is 1. The van der Waals surface area contributed by atoms with Gasteiger partial charge in [-0.15, -0.1) is 0 Å². The number of rotatable bonds is 3. The van der Waals surface area contributed by atoms with Crippen molar-refractivity contribution in [3.8, 4) is 0 Å². The van der Waals surface area contributed by atoms with Crippen LogP contribution in [0.1, 0.15) is 18.5 Å². The van der Waals surface area contributed by atoms with Crippen LogP contribution in [0, 0.1) is 15.5 Å². The fourth-order valence-electron chi connectivity index (χ4n) is 1.16. The number of hydrazine groups is 1. The summed E-state index contributed by atoms with van der Waals surface area (Å²) < 4.78 is 0. The molecule has 0 amide bonds. The van der Waals surface area contributed by atoms with Gasteiger partial charge >= 0.3 is 0 Å². The molecule has 0 radical (unpaired) electrons. The predicted molar refractivity (Wildman–Crippen MR) is 60.5 cm³/mol. The van der Waals surface area contributed by atoms with Crippen LogP contribution in [-0.4, -0.2) is 11.0 Å². The number of nitro groups is 1. The normalized spacial score (nSPS) is 11.6. The van der Waals surface area contributed by atoms with Crippen LogP contribution in [0.4, 0.5) is 5.69 Å². The second kappa shape index (κ2) is 5.08. The number of anilines is 1. The zero-order valence-electron chi connectivity index (χ0n) is 8.73. The summed E-state index contributed by atoms with van der Waals surface area (Å²) in [6, 6.07) is 6.92. The molecule has 7 heteroatoms.